The normalized spacial score (nSPS) is 11.3. The van der Waals surface area contributed by atoms with Gasteiger partial charge in [0.05, 0.1) is 4.90 Å². The van der Waals surface area contributed by atoms with E-state index in [1.807, 2.05) is 6.26 Å². The van der Waals surface area contributed by atoms with E-state index in [-0.39, 0.29) is 4.90 Å². The molecule has 0 saturated heterocycles. The minimum Gasteiger partial charge on any atom is -0.225 e. The molecule has 0 radical (unpaired) electrons. The van der Waals surface area contributed by atoms with Crippen LogP contribution in [0.25, 0.3) is 4.91 Å². The maximum Gasteiger partial charge on any atom is 0.238 e. The number of thioether (sulfide) groups is 1. The van der Waals surface area contributed by atoms with Crippen molar-refractivity contribution in [2.24, 2.45) is 5.14 Å². The van der Waals surface area contributed by atoms with Gasteiger partial charge in [-0.3, -0.25) is 0 Å². The summed E-state index contributed by atoms with van der Waals surface area (Å²) in [7, 11) is -3.59. The van der Waals surface area contributed by atoms with Gasteiger partial charge in [0, 0.05) is 4.91 Å². The number of nitrogens with two attached hydrogens (primary N) is 1. The van der Waals surface area contributed by atoms with Crippen LogP contribution in [0.2, 0.25) is 0 Å². The van der Waals surface area contributed by atoms with Crippen molar-refractivity contribution in [2.45, 2.75) is 4.90 Å². The molecule has 1 aromatic rings. The van der Waals surface area contributed by atoms with Gasteiger partial charge in [-0.1, -0.05) is 18.7 Å². The molecule has 0 heterocycles. The molecule has 3 nitrogen and oxygen atoms in total. The standard InChI is InChI=1S/C9H11NO2S2/c1-7(13-2)8-3-5-9(6-4-8)14(10,11)12/h3-6H,1H2,2H3,(H2,10,11,12). The molecule has 0 fully saturated rings. The van der Waals surface area contributed by atoms with Crippen molar-refractivity contribution in [3.63, 3.8) is 0 Å². The second-order valence-corrected chi connectivity index (χ2v) is 5.16. The lowest BCUT2D eigenvalue weighted by atomic mass is 10.2. The van der Waals surface area contributed by atoms with E-state index < -0.39 is 10.0 Å². The Morgan fingerprint density at radius 3 is 2.21 bits per heavy atom. The predicted molar refractivity (Wildman–Crippen MR) is 60.4 cm³/mol. The molecule has 0 atom stereocenters. The highest BCUT2D eigenvalue weighted by Crippen LogP contribution is 2.23. The van der Waals surface area contributed by atoms with Crippen molar-refractivity contribution in [1.29, 1.82) is 0 Å². The minimum atomic E-state index is -3.59. The summed E-state index contributed by atoms with van der Waals surface area (Å²) in [6.45, 7) is 3.82. The van der Waals surface area contributed by atoms with E-state index >= 15 is 0 Å². The van der Waals surface area contributed by atoms with Gasteiger partial charge in [0.25, 0.3) is 0 Å². The molecule has 5 heteroatoms. The molecule has 1 aromatic carbocycles. The van der Waals surface area contributed by atoms with Crippen LogP contribution in [0.15, 0.2) is 35.7 Å². The zero-order valence-corrected chi connectivity index (χ0v) is 9.36. The number of hydrogen-bond donors (Lipinski definition) is 1. The minimum absolute atomic E-state index is 0.121. The highest BCUT2D eigenvalue weighted by Gasteiger charge is 2.06. The van der Waals surface area contributed by atoms with Crippen molar-refractivity contribution in [3.05, 3.63) is 36.4 Å². The second kappa shape index (κ2) is 4.16. The first-order valence-corrected chi connectivity index (χ1v) is 6.58. The molecule has 0 bridgehead atoms. The zero-order chi connectivity index (χ0) is 10.8. The van der Waals surface area contributed by atoms with Gasteiger partial charge in [0.15, 0.2) is 0 Å². The molecule has 0 saturated carbocycles. The lowest BCUT2D eigenvalue weighted by Crippen LogP contribution is -2.11. The Bertz CT molecular complexity index is 434. The molecule has 2 N–H and O–H groups in total. The summed E-state index contributed by atoms with van der Waals surface area (Å²) in [5.74, 6) is 0. The van der Waals surface area contributed by atoms with Crippen LogP contribution < -0.4 is 5.14 Å². The Kier molecular flexibility index (Phi) is 3.36. The number of primary sulfonamides is 1. The summed E-state index contributed by atoms with van der Waals surface area (Å²) in [4.78, 5) is 1.01. The smallest absolute Gasteiger partial charge is 0.225 e. The van der Waals surface area contributed by atoms with Gasteiger partial charge >= 0.3 is 0 Å². The van der Waals surface area contributed by atoms with Crippen LogP contribution in [0.4, 0.5) is 0 Å². The fourth-order valence-corrected chi connectivity index (χ4v) is 1.84. The van der Waals surface area contributed by atoms with E-state index in [1.165, 1.54) is 23.9 Å². The molecule has 0 amide bonds. The maximum absolute atomic E-state index is 10.9. The van der Waals surface area contributed by atoms with E-state index in [0.29, 0.717) is 0 Å². The molecule has 1 rings (SSSR count). The van der Waals surface area contributed by atoms with Gasteiger partial charge in [-0.05, 0) is 24.0 Å². The van der Waals surface area contributed by atoms with Crippen LogP contribution in [0.5, 0.6) is 0 Å². The maximum atomic E-state index is 10.9. The summed E-state index contributed by atoms with van der Waals surface area (Å²) in [6.07, 6.45) is 1.91. The third-order valence-corrected chi connectivity index (χ3v) is 3.41. The highest BCUT2D eigenvalue weighted by molar-refractivity contribution is 8.07. The quantitative estimate of drug-likeness (QED) is 0.857. The summed E-state index contributed by atoms with van der Waals surface area (Å²) in [5, 5.41) is 4.96. The summed E-state index contributed by atoms with van der Waals surface area (Å²) >= 11 is 1.52. The Balaban J connectivity index is 3.07. The Morgan fingerprint density at radius 1 is 1.36 bits per heavy atom. The molecule has 0 aromatic heterocycles. The third kappa shape index (κ3) is 2.60. The van der Waals surface area contributed by atoms with Crippen molar-refractivity contribution < 1.29 is 8.42 Å². The van der Waals surface area contributed by atoms with Crippen molar-refractivity contribution in [3.8, 4) is 0 Å². The molecule has 14 heavy (non-hydrogen) atoms. The lowest BCUT2D eigenvalue weighted by Gasteiger charge is -2.02. The third-order valence-electron chi connectivity index (χ3n) is 1.75. The van der Waals surface area contributed by atoms with Crippen LogP contribution in [0.3, 0.4) is 0 Å². The average molecular weight is 229 g/mol. The molecule has 0 aliphatic rings. The van der Waals surface area contributed by atoms with Crippen molar-refractivity contribution >= 4 is 26.7 Å². The van der Waals surface area contributed by atoms with Crippen LogP contribution in [-0.2, 0) is 10.0 Å². The van der Waals surface area contributed by atoms with Gasteiger partial charge in [-0.2, -0.15) is 0 Å². The number of hydrogen-bond acceptors (Lipinski definition) is 3. The van der Waals surface area contributed by atoms with E-state index in [4.69, 9.17) is 5.14 Å². The molecule has 0 spiro atoms. The van der Waals surface area contributed by atoms with Crippen molar-refractivity contribution in [1.82, 2.24) is 0 Å². The summed E-state index contributed by atoms with van der Waals surface area (Å²) in [6, 6.07) is 6.34. The van der Waals surface area contributed by atoms with Crippen LogP contribution in [-0.4, -0.2) is 14.7 Å². The Morgan fingerprint density at radius 2 is 1.86 bits per heavy atom. The largest absolute Gasteiger partial charge is 0.238 e. The number of rotatable bonds is 3. The number of sulfonamides is 1. The molecular formula is C9H11NO2S2. The molecule has 76 valence electrons. The van der Waals surface area contributed by atoms with Crippen LogP contribution >= 0.6 is 11.8 Å². The highest BCUT2D eigenvalue weighted by atomic mass is 32.2. The monoisotopic (exact) mass is 229 g/mol. The summed E-state index contributed by atoms with van der Waals surface area (Å²) in [5.41, 5.74) is 0.907. The Labute approximate surface area is 88.1 Å². The van der Waals surface area contributed by atoms with E-state index in [2.05, 4.69) is 6.58 Å². The fourth-order valence-electron chi connectivity index (χ4n) is 0.948. The lowest BCUT2D eigenvalue weighted by molar-refractivity contribution is 0.598. The topological polar surface area (TPSA) is 60.2 Å². The van der Waals surface area contributed by atoms with Gasteiger partial charge in [-0.15, -0.1) is 11.8 Å². The summed E-state index contributed by atoms with van der Waals surface area (Å²) < 4.78 is 21.9. The van der Waals surface area contributed by atoms with Gasteiger partial charge in [-0.25, -0.2) is 13.6 Å². The van der Waals surface area contributed by atoms with Crippen molar-refractivity contribution in [2.75, 3.05) is 6.26 Å². The first kappa shape index (κ1) is 11.3. The molecular weight excluding hydrogens is 218 g/mol. The van der Waals surface area contributed by atoms with E-state index in [9.17, 15) is 8.42 Å². The van der Waals surface area contributed by atoms with Gasteiger partial charge in [0.1, 0.15) is 0 Å². The fraction of sp³-hybridized carbons (Fsp3) is 0.111. The first-order chi connectivity index (χ1) is 6.45. The molecule has 0 aliphatic heterocycles. The predicted octanol–water partition coefficient (Wildman–Crippen LogP) is 1.67. The average Bonchev–Trinajstić information content (AvgIpc) is 2.15. The SMILES string of the molecule is C=C(SC)c1ccc(S(N)(=O)=O)cc1. The Hall–Kier alpha value is -0.780. The first-order valence-electron chi connectivity index (χ1n) is 3.81. The van der Waals surface area contributed by atoms with Gasteiger partial charge < -0.3 is 0 Å². The van der Waals surface area contributed by atoms with E-state index in [0.717, 1.165) is 10.5 Å². The van der Waals surface area contributed by atoms with Gasteiger partial charge in [0.2, 0.25) is 10.0 Å². The van der Waals surface area contributed by atoms with Crippen LogP contribution in [0.1, 0.15) is 5.56 Å². The van der Waals surface area contributed by atoms with E-state index in [1.54, 1.807) is 12.1 Å². The van der Waals surface area contributed by atoms with Crippen LogP contribution in [0, 0.1) is 0 Å². The second-order valence-electron chi connectivity index (χ2n) is 2.70. The molecule has 0 unspecified atom stereocenters. The zero-order valence-electron chi connectivity index (χ0n) is 7.73. The molecule has 0 aliphatic carbocycles. The number of benzene rings is 1.